The van der Waals surface area contributed by atoms with E-state index in [1.165, 1.54) is 18.2 Å². The van der Waals surface area contributed by atoms with Gasteiger partial charge in [-0.2, -0.15) is 13.2 Å². The van der Waals surface area contributed by atoms with Crippen LogP contribution in [0.5, 0.6) is 0 Å². The van der Waals surface area contributed by atoms with Crippen molar-refractivity contribution in [3.05, 3.63) is 40.3 Å². The predicted octanol–water partition coefficient (Wildman–Crippen LogP) is 3.19. The average Bonchev–Trinajstić information content (AvgIpc) is 2.57. The van der Waals surface area contributed by atoms with Crippen molar-refractivity contribution in [2.75, 3.05) is 0 Å². The van der Waals surface area contributed by atoms with Gasteiger partial charge in [-0.3, -0.25) is 4.79 Å². The highest BCUT2D eigenvalue weighted by atomic mass is 32.2. The first-order valence-corrected chi connectivity index (χ1v) is 6.01. The maximum atomic E-state index is 12.3. The third kappa shape index (κ3) is 2.91. The molecule has 1 aromatic carbocycles. The van der Waals surface area contributed by atoms with Gasteiger partial charge in [-0.1, -0.05) is 36.1 Å². The van der Waals surface area contributed by atoms with E-state index in [1.807, 2.05) is 0 Å². The highest BCUT2D eigenvalue weighted by molar-refractivity contribution is 8.26. The number of amides is 1. The van der Waals surface area contributed by atoms with Gasteiger partial charge >= 0.3 is 6.18 Å². The molecule has 0 aliphatic carbocycles. The topological polar surface area (TPSA) is 29.1 Å². The Balaban J connectivity index is 2.24. The van der Waals surface area contributed by atoms with Crippen LogP contribution in [-0.4, -0.2) is 10.2 Å². The van der Waals surface area contributed by atoms with Crippen LogP contribution in [0.2, 0.25) is 0 Å². The summed E-state index contributed by atoms with van der Waals surface area (Å²) in [4.78, 5) is 11.7. The van der Waals surface area contributed by atoms with Gasteiger partial charge in [0.05, 0.1) is 10.5 Å². The average molecular weight is 289 g/mol. The molecule has 94 valence electrons. The number of rotatable bonds is 1. The summed E-state index contributed by atoms with van der Waals surface area (Å²) in [5, 5.41) is 2.43. The van der Waals surface area contributed by atoms with Gasteiger partial charge in [-0.25, -0.2) is 0 Å². The highest BCUT2D eigenvalue weighted by Gasteiger charge is 2.30. The molecule has 18 heavy (non-hydrogen) atoms. The fourth-order valence-electron chi connectivity index (χ4n) is 1.34. The zero-order valence-electron chi connectivity index (χ0n) is 8.75. The third-order valence-corrected chi connectivity index (χ3v) is 3.34. The minimum absolute atomic E-state index is 0.329. The molecule has 1 aliphatic rings. The van der Waals surface area contributed by atoms with E-state index >= 15 is 0 Å². The van der Waals surface area contributed by atoms with Gasteiger partial charge in [0.25, 0.3) is 5.91 Å². The first-order chi connectivity index (χ1) is 8.36. The Labute approximate surface area is 110 Å². The fraction of sp³-hybridized carbons (Fsp3) is 0.0909. The summed E-state index contributed by atoms with van der Waals surface area (Å²) in [5.74, 6) is -0.329. The number of thiocarbonyl (C=S) groups is 1. The molecule has 1 aliphatic heterocycles. The highest BCUT2D eigenvalue weighted by Crippen LogP contribution is 2.30. The smallest absolute Gasteiger partial charge is 0.307 e. The largest absolute Gasteiger partial charge is 0.416 e. The second-order valence-electron chi connectivity index (χ2n) is 3.47. The van der Waals surface area contributed by atoms with Gasteiger partial charge in [0.2, 0.25) is 0 Å². The van der Waals surface area contributed by atoms with Crippen LogP contribution in [0.4, 0.5) is 13.2 Å². The molecule has 7 heteroatoms. The number of hydrogen-bond donors (Lipinski definition) is 1. The van der Waals surface area contributed by atoms with E-state index in [2.05, 4.69) is 5.32 Å². The Morgan fingerprint density at radius 2 is 1.83 bits per heavy atom. The van der Waals surface area contributed by atoms with E-state index in [1.54, 1.807) is 0 Å². The maximum Gasteiger partial charge on any atom is 0.416 e. The molecule has 1 amide bonds. The molecule has 0 atom stereocenters. The number of thioether (sulfide) groups is 1. The summed E-state index contributed by atoms with van der Waals surface area (Å²) in [6, 6.07) is 4.57. The van der Waals surface area contributed by atoms with Gasteiger partial charge in [0, 0.05) is 0 Å². The molecule has 0 unspecified atom stereocenters. The number of hydrogen-bond acceptors (Lipinski definition) is 3. The minimum Gasteiger partial charge on any atom is -0.307 e. The molecule has 0 spiro atoms. The quantitative estimate of drug-likeness (QED) is 0.636. The Hall–Kier alpha value is -1.34. The lowest BCUT2D eigenvalue weighted by Crippen LogP contribution is -2.17. The first-order valence-electron chi connectivity index (χ1n) is 4.78. The molecule has 0 aromatic heterocycles. The molecule has 1 fully saturated rings. The fourth-order valence-corrected chi connectivity index (χ4v) is 2.38. The van der Waals surface area contributed by atoms with Crippen molar-refractivity contribution < 1.29 is 18.0 Å². The number of nitrogens with one attached hydrogen (secondary N) is 1. The number of halogens is 3. The minimum atomic E-state index is -4.35. The molecular formula is C11H6F3NOS2. The van der Waals surface area contributed by atoms with Crippen molar-refractivity contribution in [2.24, 2.45) is 0 Å². The molecular weight excluding hydrogens is 283 g/mol. The van der Waals surface area contributed by atoms with E-state index in [4.69, 9.17) is 12.2 Å². The monoisotopic (exact) mass is 289 g/mol. The van der Waals surface area contributed by atoms with E-state index in [0.29, 0.717) is 14.8 Å². The molecule has 1 N–H and O–H groups in total. The van der Waals surface area contributed by atoms with Crippen LogP contribution in [0.25, 0.3) is 6.08 Å². The number of benzene rings is 1. The van der Waals surface area contributed by atoms with Gasteiger partial charge < -0.3 is 5.32 Å². The Morgan fingerprint density at radius 1 is 1.22 bits per heavy atom. The number of carbonyl (C=O) groups is 1. The van der Waals surface area contributed by atoms with Crippen LogP contribution in [0.15, 0.2) is 29.2 Å². The van der Waals surface area contributed by atoms with Crippen molar-refractivity contribution in [1.29, 1.82) is 0 Å². The van der Waals surface area contributed by atoms with Gasteiger partial charge in [-0.05, 0) is 23.8 Å². The number of carbonyl (C=O) groups excluding carboxylic acids is 1. The lowest BCUT2D eigenvalue weighted by molar-refractivity contribution is -0.137. The summed E-state index contributed by atoms with van der Waals surface area (Å²) in [6.45, 7) is 0. The number of alkyl halides is 3. The zero-order valence-corrected chi connectivity index (χ0v) is 10.4. The maximum absolute atomic E-state index is 12.3. The molecule has 0 saturated carbocycles. The molecule has 1 aromatic rings. The summed E-state index contributed by atoms with van der Waals surface area (Å²) in [6.07, 6.45) is -2.85. The van der Waals surface area contributed by atoms with Crippen LogP contribution in [0.1, 0.15) is 11.1 Å². The van der Waals surface area contributed by atoms with Crippen molar-refractivity contribution >= 4 is 40.3 Å². The van der Waals surface area contributed by atoms with Gasteiger partial charge in [0.15, 0.2) is 0 Å². The van der Waals surface area contributed by atoms with E-state index < -0.39 is 11.7 Å². The second-order valence-corrected chi connectivity index (χ2v) is 5.19. The van der Waals surface area contributed by atoms with Crippen molar-refractivity contribution in [2.45, 2.75) is 6.18 Å². The Kier molecular flexibility index (Phi) is 3.45. The van der Waals surface area contributed by atoms with Crippen LogP contribution in [-0.2, 0) is 11.0 Å². The van der Waals surface area contributed by atoms with Crippen molar-refractivity contribution in [3.8, 4) is 0 Å². The molecule has 0 bridgehead atoms. The van der Waals surface area contributed by atoms with Crippen LogP contribution in [0.3, 0.4) is 0 Å². The van der Waals surface area contributed by atoms with E-state index in [0.717, 1.165) is 23.9 Å². The van der Waals surface area contributed by atoms with Gasteiger partial charge in [0.1, 0.15) is 4.32 Å². The second kappa shape index (κ2) is 4.74. The normalized spacial score (nSPS) is 18.3. The summed E-state index contributed by atoms with van der Waals surface area (Å²) >= 11 is 5.89. The van der Waals surface area contributed by atoms with Crippen molar-refractivity contribution in [1.82, 2.24) is 5.32 Å². The van der Waals surface area contributed by atoms with Crippen molar-refractivity contribution in [3.63, 3.8) is 0 Å². The predicted molar refractivity (Wildman–Crippen MR) is 67.8 cm³/mol. The molecule has 2 rings (SSSR count). The summed E-state index contributed by atoms with van der Waals surface area (Å²) in [5.41, 5.74) is -0.200. The van der Waals surface area contributed by atoms with Crippen LogP contribution >= 0.6 is 24.0 Å². The van der Waals surface area contributed by atoms with Crippen LogP contribution in [0, 0.1) is 0 Å². The van der Waals surface area contributed by atoms with Crippen LogP contribution < -0.4 is 5.32 Å². The van der Waals surface area contributed by atoms with E-state index in [-0.39, 0.29) is 5.91 Å². The third-order valence-electron chi connectivity index (χ3n) is 2.18. The standard InChI is InChI=1S/C11H6F3NOS2/c12-11(13,14)7-3-1-6(2-4-7)5-8-9(16)15-10(17)18-8/h1-5H,(H,15,16,17)/b8-5+. The summed E-state index contributed by atoms with van der Waals surface area (Å²) < 4.78 is 37.4. The molecule has 1 saturated heterocycles. The lowest BCUT2D eigenvalue weighted by Gasteiger charge is -2.06. The Morgan fingerprint density at radius 3 is 2.28 bits per heavy atom. The SMILES string of the molecule is O=C1NC(=S)S/C1=C/c1ccc(C(F)(F)F)cc1. The van der Waals surface area contributed by atoms with Gasteiger partial charge in [-0.15, -0.1) is 0 Å². The molecule has 2 nitrogen and oxygen atoms in total. The Bertz CT molecular complexity index is 534. The first kappa shape index (κ1) is 13.1. The lowest BCUT2D eigenvalue weighted by atomic mass is 10.1. The summed E-state index contributed by atoms with van der Waals surface area (Å²) in [7, 11) is 0. The molecule has 0 radical (unpaired) electrons. The molecule has 1 heterocycles. The van der Waals surface area contributed by atoms with E-state index in [9.17, 15) is 18.0 Å². The zero-order chi connectivity index (χ0) is 13.3.